The van der Waals surface area contributed by atoms with Gasteiger partial charge in [-0.3, -0.25) is 9.79 Å². The summed E-state index contributed by atoms with van der Waals surface area (Å²) in [6.45, 7) is 5.04. The number of rotatable bonds is 6. The van der Waals surface area contributed by atoms with Gasteiger partial charge in [-0.25, -0.2) is 0 Å². The molecule has 0 aliphatic heterocycles. The first-order valence-corrected chi connectivity index (χ1v) is 5.23. The molecule has 3 N–H and O–H groups in total. The lowest BCUT2D eigenvalue weighted by Crippen LogP contribution is -2.33. The van der Waals surface area contributed by atoms with Crippen LogP contribution < -0.4 is 11.1 Å². The molecule has 0 spiro atoms. The van der Waals surface area contributed by atoms with Gasteiger partial charge in [-0.1, -0.05) is 20.3 Å². The van der Waals surface area contributed by atoms with Crippen molar-refractivity contribution in [3.05, 3.63) is 0 Å². The topological polar surface area (TPSA) is 76.7 Å². The molecule has 0 heterocycles. The summed E-state index contributed by atoms with van der Waals surface area (Å²) < 4.78 is 4.57. The first kappa shape index (κ1) is 13.7. The van der Waals surface area contributed by atoms with Crippen molar-refractivity contribution in [1.82, 2.24) is 5.32 Å². The Morgan fingerprint density at radius 2 is 2.27 bits per heavy atom. The Hall–Kier alpha value is -1.26. The highest BCUT2D eigenvalue weighted by molar-refractivity contribution is 5.78. The Labute approximate surface area is 91.1 Å². The van der Waals surface area contributed by atoms with Gasteiger partial charge in [0.1, 0.15) is 0 Å². The molecule has 0 bridgehead atoms. The summed E-state index contributed by atoms with van der Waals surface area (Å²) in [6.07, 6.45) is 2.17. The molecule has 0 aromatic heterocycles. The van der Waals surface area contributed by atoms with Gasteiger partial charge in [0, 0.05) is 6.54 Å². The summed E-state index contributed by atoms with van der Waals surface area (Å²) in [6, 6.07) is 0. The lowest BCUT2D eigenvalue weighted by Gasteiger charge is -2.07. The highest BCUT2D eigenvalue weighted by Crippen LogP contribution is 1.97. The third kappa shape index (κ3) is 6.76. The maximum atomic E-state index is 11.0. The number of carbonyl (C=O) groups excluding carboxylic acids is 1. The van der Waals surface area contributed by atoms with Crippen LogP contribution in [-0.4, -0.2) is 32.1 Å². The zero-order valence-corrected chi connectivity index (χ0v) is 9.75. The Bertz CT molecular complexity index is 217. The van der Waals surface area contributed by atoms with Crippen molar-refractivity contribution >= 4 is 11.9 Å². The van der Waals surface area contributed by atoms with Crippen molar-refractivity contribution in [3.8, 4) is 0 Å². The number of ether oxygens (including phenoxy) is 1. The van der Waals surface area contributed by atoms with Gasteiger partial charge in [0.05, 0.1) is 19.6 Å². The van der Waals surface area contributed by atoms with Crippen LogP contribution in [-0.2, 0) is 9.53 Å². The summed E-state index contributed by atoms with van der Waals surface area (Å²) in [7, 11) is 1.37. The quantitative estimate of drug-likeness (QED) is 0.293. The highest BCUT2D eigenvalue weighted by atomic mass is 16.5. The zero-order valence-electron chi connectivity index (χ0n) is 9.75. The van der Waals surface area contributed by atoms with Crippen molar-refractivity contribution in [2.45, 2.75) is 26.7 Å². The molecule has 0 aliphatic carbocycles. The molecule has 88 valence electrons. The third-order valence-electron chi connectivity index (χ3n) is 1.98. The second kappa shape index (κ2) is 8.08. The molecule has 1 atom stereocenters. The van der Waals surface area contributed by atoms with E-state index >= 15 is 0 Å². The van der Waals surface area contributed by atoms with Gasteiger partial charge >= 0.3 is 5.97 Å². The Balaban J connectivity index is 3.78. The molecule has 1 unspecified atom stereocenters. The average Bonchev–Trinajstić information content (AvgIpc) is 2.25. The van der Waals surface area contributed by atoms with Crippen molar-refractivity contribution in [2.24, 2.45) is 16.6 Å². The molecule has 0 rings (SSSR count). The number of nitrogens with one attached hydrogen (secondary N) is 1. The number of hydrogen-bond acceptors (Lipinski definition) is 3. The maximum Gasteiger partial charge on any atom is 0.310 e. The van der Waals surface area contributed by atoms with Gasteiger partial charge in [0.25, 0.3) is 0 Å². The van der Waals surface area contributed by atoms with Crippen LogP contribution in [0.4, 0.5) is 0 Å². The molecular weight excluding hydrogens is 194 g/mol. The summed E-state index contributed by atoms with van der Waals surface area (Å²) in [5, 5.41) is 2.97. The van der Waals surface area contributed by atoms with E-state index in [1.165, 1.54) is 7.11 Å². The van der Waals surface area contributed by atoms with Crippen molar-refractivity contribution in [3.63, 3.8) is 0 Å². The third-order valence-corrected chi connectivity index (χ3v) is 1.98. The first-order valence-electron chi connectivity index (χ1n) is 5.23. The van der Waals surface area contributed by atoms with E-state index in [1.54, 1.807) is 6.92 Å². The number of nitrogens with zero attached hydrogens (tertiary/aromatic N) is 1. The van der Waals surface area contributed by atoms with E-state index in [9.17, 15) is 4.79 Å². The highest BCUT2D eigenvalue weighted by Gasteiger charge is 2.11. The number of carbonyl (C=O) groups is 1. The number of guanidine groups is 1. The summed E-state index contributed by atoms with van der Waals surface area (Å²) >= 11 is 0. The van der Waals surface area contributed by atoms with Crippen LogP contribution in [0.15, 0.2) is 4.99 Å². The molecule has 0 saturated heterocycles. The standard InChI is InChI=1S/C10H21N3O2/c1-4-5-6-12-10(11)13-7-8(2)9(14)15-3/h8H,4-7H2,1-3H3,(H3,11,12,13). The largest absolute Gasteiger partial charge is 0.469 e. The number of hydrogen-bond donors (Lipinski definition) is 2. The number of aliphatic imine (C=N–C) groups is 1. The van der Waals surface area contributed by atoms with Crippen LogP contribution in [0.2, 0.25) is 0 Å². The number of methoxy groups -OCH3 is 1. The molecular formula is C10H21N3O2. The van der Waals surface area contributed by atoms with E-state index in [2.05, 4.69) is 22.0 Å². The SMILES string of the molecule is CCCCNC(N)=NCC(C)C(=O)OC. The van der Waals surface area contributed by atoms with Gasteiger partial charge in [0.2, 0.25) is 0 Å². The predicted molar refractivity (Wildman–Crippen MR) is 60.6 cm³/mol. The second-order valence-electron chi connectivity index (χ2n) is 3.43. The van der Waals surface area contributed by atoms with E-state index in [0.717, 1.165) is 19.4 Å². The lowest BCUT2D eigenvalue weighted by molar-refractivity contribution is -0.144. The van der Waals surface area contributed by atoms with Gasteiger partial charge < -0.3 is 15.8 Å². The second-order valence-corrected chi connectivity index (χ2v) is 3.43. The molecule has 0 fully saturated rings. The van der Waals surface area contributed by atoms with E-state index in [0.29, 0.717) is 12.5 Å². The fourth-order valence-corrected chi connectivity index (χ4v) is 0.960. The fourth-order valence-electron chi connectivity index (χ4n) is 0.960. The van der Waals surface area contributed by atoms with Gasteiger partial charge in [-0.05, 0) is 6.42 Å². The average molecular weight is 215 g/mol. The minimum Gasteiger partial charge on any atom is -0.469 e. The maximum absolute atomic E-state index is 11.0. The Morgan fingerprint density at radius 3 is 2.80 bits per heavy atom. The summed E-state index contributed by atoms with van der Waals surface area (Å²) in [5.41, 5.74) is 5.59. The van der Waals surface area contributed by atoms with E-state index in [-0.39, 0.29) is 11.9 Å². The van der Waals surface area contributed by atoms with Crippen LogP contribution in [0.25, 0.3) is 0 Å². The molecule has 15 heavy (non-hydrogen) atoms. The normalized spacial score (nSPS) is 13.4. The molecule has 0 aliphatic rings. The van der Waals surface area contributed by atoms with E-state index < -0.39 is 0 Å². The Morgan fingerprint density at radius 1 is 1.60 bits per heavy atom. The monoisotopic (exact) mass is 215 g/mol. The van der Waals surface area contributed by atoms with Gasteiger partial charge in [0.15, 0.2) is 5.96 Å². The Kier molecular flexibility index (Phi) is 7.40. The van der Waals surface area contributed by atoms with Gasteiger partial charge in [-0.2, -0.15) is 0 Å². The number of nitrogens with two attached hydrogens (primary N) is 1. The molecule has 0 amide bonds. The predicted octanol–water partition coefficient (Wildman–Crippen LogP) is 0.500. The molecule has 0 aromatic carbocycles. The fraction of sp³-hybridized carbons (Fsp3) is 0.800. The summed E-state index contributed by atoms with van der Waals surface area (Å²) in [4.78, 5) is 15.1. The van der Waals surface area contributed by atoms with Crippen molar-refractivity contribution in [1.29, 1.82) is 0 Å². The summed E-state index contributed by atoms with van der Waals surface area (Å²) in [5.74, 6) is -0.124. The van der Waals surface area contributed by atoms with Crippen LogP contribution in [0.1, 0.15) is 26.7 Å². The van der Waals surface area contributed by atoms with Crippen molar-refractivity contribution < 1.29 is 9.53 Å². The van der Waals surface area contributed by atoms with Crippen LogP contribution in [0.5, 0.6) is 0 Å². The number of unbranched alkanes of at least 4 members (excludes halogenated alkanes) is 1. The zero-order chi connectivity index (χ0) is 11.7. The van der Waals surface area contributed by atoms with Crippen LogP contribution in [0, 0.1) is 5.92 Å². The first-order chi connectivity index (χ1) is 7.11. The van der Waals surface area contributed by atoms with Crippen molar-refractivity contribution in [2.75, 3.05) is 20.2 Å². The molecule has 0 aromatic rings. The lowest BCUT2D eigenvalue weighted by atomic mass is 10.2. The minimum atomic E-state index is -0.264. The van der Waals surface area contributed by atoms with E-state index in [1.807, 2.05) is 0 Å². The molecule has 0 radical (unpaired) electrons. The minimum absolute atomic E-state index is 0.249. The van der Waals surface area contributed by atoms with Crippen LogP contribution in [0.3, 0.4) is 0 Å². The van der Waals surface area contributed by atoms with Gasteiger partial charge in [-0.15, -0.1) is 0 Å². The number of esters is 1. The molecule has 5 nitrogen and oxygen atoms in total. The smallest absolute Gasteiger partial charge is 0.310 e. The molecule has 5 heteroatoms. The van der Waals surface area contributed by atoms with Crippen LogP contribution >= 0.6 is 0 Å². The molecule has 0 saturated carbocycles. The van der Waals surface area contributed by atoms with E-state index in [4.69, 9.17) is 5.73 Å².